The summed E-state index contributed by atoms with van der Waals surface area (Å²) in [6, 6.07) is 4.85. The molecule has 0 aliphatic rings. The fourth-order valence-corrected chi connectivity index (χ4v) is 1.07. The van der Waals surface area contributed by atoms with Crippen LogP contribution in [0.25, 0.3) is 6.08 Å². The standard InChI is InChI=1S/C10H13N3O3/c11-6-15-10(14)4-2-7-1-3-8(16-13)5-9(7)12/h1-5H,6,11-13H2/b4-2+. The molecular formula is C10H13N3O3. The molecule has 6 N–H and O–H groups in total. The van der Waals surface area contributed by atoms with E-state index in [4.69, 9.17) is 17.4 Å². The first-order chi connectivity index (χ1) is 7.67. The maximum atomic E-state index is 11.0. The summed E-state index contributed by atoms with van der Waals surface area (Å²) in [5.74, 6) is 4.89. The number of benzene rings is 1. The van der Waals surface area contributed by atoms with Gasteiger partial charge in [0, 0.05) is 17.8 Å². The van der Waals surface area contributed by atoms with Crippen molar-refractivity contribution in [3.05, 3.63) is 29.8 Å². The molecule has 86 valence electrons. The molecular weight excluding hydrogens is 210 g/mol. The Morgan fingerprint density at radius 2 is 2.19 bits per heavy atom. The molecule has 0 unspecified atom stereocenters. The van der Waals surface area contributed by atoms with E-state index in [1.54, 1.807) is 18.2 Å². The van der Waals surface area contributed by atoms with E-state index in [1.165, 1.54) is 12.2 Å². The Kier molecular flexibility index (Phi) is 4.31. The van der Waals surface area contributed by atoms with E-state index in [-0.39, 0.29) is 6.73 Å². The zero-order chi connectivity index (χ0) is 12.0. The number of carbonyl (C=O) groups excluding carboxylic acids is 1. The zero-order valence-corrected chi connectivity index (χ0v) is 8.55. The Morgan fingerprint density at radius 1 is 1.44 bits per heavy atom. The number of hydrogen-bond acceptors (Lipinski definition) is 6. The van der Waals surface area contributed by atoms with Gasteiger partial charge in [0.2, 0.25) is 0 Å². The van der Waals surface area contributed by atoms with Gasteiger partial charge in [-0.2, -0.15) is 5.90 Å². The molecule has 0 amide bonds. The van der Waals surface area contributed by atoms with Gasteiger partial charge in [-0.05, 0) is 23.8 Å². The van der Waals surface area contributed by atoms with Crippen molar-refractivity contribution in [1.82, 2.24) is 0 Å². The Morgan fingerprint density at radius 3 is 2.75 bits per heavy atom. The SMILES string of the molecule is NCOC(=O)/C=C/c1ccc(ON)cc1N. The fourth-order valence-electron chi connectivity index (χ4n) is 1.07. The molecule has 0 saturated carbocycles. The molecule has 16 heavy (non-hydrogen) atoms. The second-order valence-electron chi connectivity index (χ2n) is 2.87. The van der Waals surface area contributed by atoms with Gasteiger partial charge in [0.1, 0.15) is 12.5 Å². The highest BCUT2D eigenvalue weighted by molar-refractivity contribution is 5.88. The largest absolute Gasteiger partial charge is 0.447 e. The van der Waals surface area contributed by atoms with Crippen LogP contribution in [0, 0.1) is 0 Å². The molecule has 0 aliphatic heterocycles. The number of anilines is 1. The lowest BCUT2D eigenvalue weighted by Gasteiger charge is -2.03. The smallest absolute Gasteiger partial charge is 0.332 e. The van der Waals surface area contributed by atoms with Crippen molar-refractivity contribution in [2.45, 2.75) is 0 Å². The number of hydrogen-bond donors (Lipinski definition) is 3. The quantitative estimate of drug-likeness (QED) is 0.217. The predicted molar refractivity (Wildman–Crippen MR) is 59.9 cm³/mol. The number of ether oxygens (including phenoxy) is 1. The van der Waals surface area contributed by atoms with E-state index in [1.807, 2.05) is 0 Å². The zero-order valence-electron chi connectivity index (χ0n) is 8.55. The monoisotopic (exact) mass is 223 g/mol. The summed E-state index contributed by atoms with van der Waals surface area (Å²) in [6.45, 7) is -0.154. The van der Waals surface area contributed by atoms with Crippen molar-refractivity contribution in [2.75, 3.05) is 12.5 Å². The molecule has 0 spiro atoms. The van der Waals surface area contributed by atoms with E-state index in [0.29, 0.717) is 17.0 Å². The van der Waals surface area contributed by atoms with Gasteiger partial charge in [0.15, 0.2) is 0 Å². The number of carbonyl (C=O) groups is 1. The number of esters is 1. The van der Waals surface area contributed by atoms with Crippen LogP contribution in [0.15, 0.2) is 24.3 Å². The minimum absolute atomic E-state index is 0.154. The number of nitrogen functional groups attached to an aromatic ring is 1. The van der Waals surface area contributed by atoms with Crippen LogP contribution in [-0.4, -0.2) is 12.7 Å². The van der Waals surface area contributed by atoms with Crippen LogP contribution in [0.2, 0.25) is 0 Å². The summed E-state index contributed by atoms with van der Waals surface area (Å²) in [5.41, 5.74) is 11.8. The average Bonchev–Trinajstić information content (AvgIpc) is 2.27. The van der Waals surface area contributed by atoms with Crippen LogP contribution in [0.5, 0.6) is 5.75 Å². The summed E-state index contributed by atoms with van der Waals surface area (Å²) in [7, 11) is 0. The van der Waals surface area contributed by atoms with Crippen molar-refractivity contribution >= 4 is 17.7 Å². The van der Waals surface area contributed by atoms with Crippen molar-refractivity contribution in [3.8, 4) is 5.75 Å². The third kappa shape index (κ3) is 3.26. The van der Waals surface area contributed by atoms with E-state index in [2.05, 4.69) is 9.57 Å². The molecule has 0 aromatic heterocycles. The number of nitrogens with two attached hydrogens (primary N) is 3. The van der Waals surface area contributed by atoms with E-state index < -0.39 is 5.97 Å². The highest BCUT2D eigenvalue weighted by atomic mass is 16.6. The Hall–Kier alpha value is -2.05. The van der Waals surface area contributed by atoms with Crippen LogP contribution in [-0.2, 0) is 9.53 Å². The van der Waals surface area contributed by atoms with E-state index in [9.17, 15) is 4.79 Å². The Balaban J connectivity index is 2.78. The Bertz CT molecular complexity index is 404. The highest BCUT2D eigenvalue weighted by Gasteiger charge is 2.00. The van der Waals surface area contributed by atoms with Gasteiger partial charge >= 0.3 is 5.97 Å². The second kappa shape index (κ2) is 5.74. The van der Waals surface area contributed by atoms with Crippen LogP contribution in [0.3, 0.4) is 0 Å². The molecule has 6 nitrogen and oxygen atoms in total. The van der Waals surface area contributed by atoms with Crippen LogP contribution >= 0.6 is 0 Å². The topological polar surface area (TPSA) is 114 Å². The molecule has 0 bridgehead atoms. The van der Waals surface area contributed by atoms with E-state index in [0.717, 1.165) is 0 Å². The molecule has 0 fully saturated rings. The fraction of sp³-hybridized carbons (Fsp3) is 0.100. The summed E-state index contributed by atoms with van der Waals surface area (Å²) < 4.78 is 4.51. The second-order valence-corrected chi connectivity index (χ2v) is 2.87. The van der Waals surface area contributed by atoms with Crippen molar-refractivity contribution in [3.63, 3.8) is 0 Å². The van der Waals surface area contributed by atoms with Gasteiger partial charge in [-0.25, -0.2) is 4.79 Å². The number of rotatable bonds is 4. The van der Waals surface area contributed by atoms with Gasteiger partial charge in [-0.1, -0.05) is 0 Å². The predicted octanol–water partition coefficient (Wildman–Crippen LogP) is -0.00610. The first kappa shape index (κ1) is 12.0. The van der Waals surface area contributed by atoms with Crippen LogP contribution in [0.1, 0.15) is 5.56 Å². The van der Waals surface area contributed by atoms with Gasteiger partial charge < -0.3 is 15.3 Å². The summed E-state index contributed by atoms with van der Waals surface area (Å²) >= 11 is 0. The minimum Gasteiger partial charge on any atom is -0.447 e. The van der Waals surface area contributed by atoms with Crippen LogP contribution < -0.4 is 22.2 Å². The maximum absolute atomic E-state index is 11.0. The molecule has 0 saturated heterocycles. The summed E-state index contributed by atoms with van der Waals surface area (Å²) in [5, 5.41) is 0. The molecule has 1 rings (SSSR count). The van der Waals surface area contributed by atoms with Crippen LogP contribution in [0.4, 0.5) is 5.69 Å². The summed E-state index contributed by atoms with van der Waals surface area (Å²) in [6.07, 6.45) is 2.76. The highest BCUT2D eigenvalue weighted by Crippen LogP contribution is 2.20. The van der Waals surface area contributed by atoms with Crippen molar-refractivity contribution < 1.29 is 14.4 Å². The van der Waals surface area contributed by atoms with E-state index >= 15 is 0 Å². The normalized spacial score (nSPS) is 10.4. The minimum atomic E-state index is -0.527. The molecule has 1 aromatic rings. The molecule has 1 aromatic carbocycles. The van der Waals surface area contributed by atoms with Crippen molar-refractivity contribution in [2.24, 2.45) is 11.6 Å². The molecule has 0 aliphatic carbocycles. The summed E-state index contributed by atoms with van der Waals surface area (Å²) in [4.78, 5) is 15.5. The average molecular weight is 223 g/mol. The van der Waals surface area contributed by atoms with Crippen molar-refractivity contribution in [1.29, 1.82) is 0 Å². The maximum Gasteiger partial charge on any atom is 0.332 e. The Labute approximate surface area is 92.6 Å². The molecule has 0 radical (unpaired) electrons. The van der Waals surface area contributed by atoms with Gasteiger partial charge in [0.05, 0.1) is 0 Å². The molecule has 6 heteroatoms. The van der Waals surface area contributed by atoms with Gasteiger partial charge in [-0.15, -0.1) is 0 Å². The lowest BCUT2D eigenvalue weighted by Crippen LogP contribution is -2.09. The molecule has 0 heterocycles. The van der Waals surface area contributed by atoms with Gasteiger partial charge in [-0.3, -0.25) is 5.73 Å². The van der Waals surface area contributed by atoms with Gasteiger partial charge in [0.25, 0.3) is 0 Å². The lowest BCUT2D eigenvalue weighted by molar-refractivity contribution is -0.137. The first-order valence-electron chi connectivity index (χ1n) is 4.48. The first-order valence-corrected chi connectivity index (χ1v) is 4.48. The lowest BCUT2D eigenvalue weighted by atomic mass is 10.1. The third-order valence-corrected chi connectivity index (χ3v) is 1.82. The third-order valence-electron chi connectivity index (χ3n) is 1.82. The molecule has 0 atom stereocenters.